The van der Waals surface area contributed by atoms with Crippen molar-refractivity contribution in [2.45, 2.75) is 6.42 Å². The molecule has 2 aliphatic rings. The number of dihydropyridines is 1. The number of amides is 2. The molecule has 1 heterocycles. The third-order valence-corrected chi connectivity index (χ3v) is 4.70. The van der Waals surface area contributed by atoms with Crippen molar-refractivity contribution in [1.29, 1.82) is 0 Å². The molecule has 1 unspecified atom stereocenters. The molecule has 1 atom stereocenters. The van der Waals surface area contributed by atoms with Gasteiger partial charge < -0.3 is 14.8 Å². The Morgan fingerprint density at radius 2 is 2.00 bits per heavy atom. The first-order valence-corrected chi connectivity index (χ1v) is 8.79. The Morgan fingerprint density at radius 3 is 2.70 bits per heavy atom. The maximum absolute atomic E-state index is 12.4. The van der Waals surface area contributed by atoms with Crippen molar-refractivity contribution in [2.24, 2.45) is 10.9 Å². The highest BCUT2D eigenvalue weighted by atomic mass is 35.5. The molecule has 0 radical (unpaired) electrons. The van der Waals surface area contributed by atoms with E-state index in [1.54, 1.807) is 43.5 Å². The number of allylic oxidation sites excluding steroid dienone is 4. The van der Waals surface area contributed by atoms with Gasteiger partial charge in [-0.2, -0.15) is 0 Å². The molecule has 0 bridgehead atoms. The van der Waals surface area contributed by atoms with Crippen LogP contribution in [0, 0.1) is 5.92 Å². The fraction of sp³-hybridized carbons (Fsp3) is 0.250. The van der Waals surface area contributed by atoms with E-state index in [1.165, 1.54) is 7.11 Å². The van der Waals surface area contributed by atoms with Crippen LogP contribution in [0.5, 0.6) is 0 Å². The summed E-state index contributed by atoms with van der Waals surface area (Å²) >= 11 is 6.02. The molecule has 0 saturated carbocycles. The van der Waals surface area contributed by atoms with E-state index in [-0.39, 0.29) is 24.3 Å². The molecule has 3 rings (SSSR count). The first-order valence-electron chi connectivity index (χ1n) is 8.41. The van der Waals surface area contributed by atoms with Crippen molar-refractivity contribution < 1.29 is 19.1 Å². The fourth-order valence-electron chi connectivity index (χ4n) is 2.98. The Morgan fingerprint density at radius 1 is 1.22 bits per heavy atom. The minimum absolute atomic E-state index is 0.276. The summed E-state index contributed by atoms with van der Waals surface area (Å²) in [6.07, 6.45) is 5.69. The van der Waals surface area contributed by atoms with Gasteiger partial charge in [-0.05, 0) is 30.7 Å². The van der Waals surface area contributed by atoms with Gasteiger partial charge in [-0.25, -0.2) is 4.99 Å². The van der Waals surface area contributed by atoms with Crippen LogP contribution in [0.25, 0.3) is 0 Å². The highest BCUT2D eigenvalue weighted by molar-refractivity contribution is 6.33. The smallest absolute Gasteiger partial charge is 0.273 e. The maximum atomic E-state index is 12.4. The SMILES string of the molecule is COC1=CC=C(OC)C2C=C(CCNC(=O)c3ccccc3Cl)C(=O)N=C12. The van der Waals surface area contributed by atoms with Gasteiger partial charge in [0.15, 0.2) is 0 Å². The van der Waals surface area contributed by atoms with Crippen LogP contribution in [0.3, 0.4) is 0 Å². The van der Waals surface area contributed by atoms with Crippen LogP contribution < -0.4 is 5.32 Å². The number of methoxy groups -OCH3 is 2. The van der Waals surface area contributed by atoms with Crippen LogP contribution in [0.15, 0.2) is 64.6 Å². The summed E-state index contributed by atoms with van der Waals surface area (Å²) < 4.78 is 10.7. The lowest BCUT2D eigenvalue weighted by atomic mass is 9.89. The average Bonchev–Trinajstić information content (AvgIpc) is 2.67. The quantitative estimate of drug-likeness (QED) is 0.815. The van der Waals surface area contributed by atoms with E-state index in [0.717, 1.165) is 0 Å². The van der Waals surface area contributed by atoms with E-state index in [1.807, 2.05) is 6.08 Å². The Bertz CT molecular complexity index is 899. The number of hydrogen-bond donors (Lipinski definition) is 1. The average molecular weight is 387 g/mol. The van der Waals surface area contributed by atoms with Gasteiger partial charge in [-0.1, -0.05) is 29.8 Å². The normalized spacial score (nSPS) is 18.5. The zero-order chi connectivity index (χ0) is 19.4. The van der Waals surface area contributed by atoms with Gasteiger partial charge in [-0.3, -0.25) is 9.59 Å². The monoisotopic (exact) mass is 386 g/mol. The summed E-state index contributed by atoms with van der Waals surface area (Å²) in [5, 5.41) is 3.16. The molecule has 140 valence electrons. The molecule has 1 aliphatic carbocycles. The molecule has 0 saturated heterocycles. The topological polar surface area (TPSA) is 77.0 Å². The molecule has 7 heteroatoms. The van der Waals surface area contributed by atoms with E-state index >= 15 is 0 Å². The number of fused-ring (bicyclic) bond motifs is 1. The second-order valence-electron chi connectivity index (χ2n) is 5.97. The highest BCUT2D eigenvalue weighted by Crippen LogP contribution is 2.30. The van der Waals surface area contributed by atoms with Gasteiger partial charge in [0, 0.05) is 12.1 Å². The van der Waals surface area contributed by atoms with Crippen LogP contribution in [-0.4, -0.2) is 38.3 Å². The number of hydrogen-bond acceptors (Lipinski definition) is 4. The molecule has 27 heavy (non-hydrogen) atoms. The van der Waals surface area contributed by atoms with Crippen LogP contribution >= 0.6 is 11.6 Å². The maximum Gasteiger partial charge on any atom is 0.273 e. The van der Waals surface area contributed by atoms with Crippen molar-refractivity contribution in [3.63, 3.8) is 0 Å². The second kappa shape index (κ2) is 8.22. The minimum atomic E-state index is -0.339. The van der Waals surface area contributed by atoms with E-state index in [0.29, 0.717) is 39.8 Å². The first kappa shape index (κ1) is 18.9. The molecular formula is C20H19ClN2O4. The third-order valence-electron chi connectivity index (χ3n) is 4.37. The van der Waals surface area contributed by atoms with Gasteiger partial charge in [0.25, 0.3) is 11.8 Å². The van der Waals surface area contributed by atoms with Crippen molar-refractivity contribution in [1.82, 2.24) is 5.32 Å². The summed E-state index contributed by atoms with van der Waals surface area (Å²) in [6, 6.07) is 6.80. The zero-order valence-corrected chi connectivity index (χ0v) is 15.7. The molecule has 0 fully saturated rings. The summed E-state index contributed by atoms with van der Waals surface area (Å²) in [4.78, 5) is 28.8. The van der Waals surface area contributed by atoms with Crippen LogP contribution in [0.4, 0.5) is 0 Å². The lowest BCUT2D eigenvalue weighted by molar-refractivity contribution is -0.114. The molecule has 1 aliphatic heterocycles. The number of carbonyl (C=O) groups is 2. The second-order valence-corrected chi connectivity index (χ2v) is 6.37. The largest absolute Gasteiger partial charge is 0.500 e. The molecule has 2 amide bonds. The summed E-state index contributed by atoms with van der Waals surface area (Å²) in [6.45, 7) is 0.290. The van der Waals surface area contributed by atoms with Gasteiger partial charge in [0.1, 0.15) is 17.2 Å². The lowest BCUT2D eigenvalue weighted by Gasteiger charge is -2.26. The van der Waals surface area contributed by atoms with Crippen LogP contribution in [-0.2, 0) is 14.3 Å². The number of halogens is 1. The van der Waals surface area contributed by atoms with Crippen molar-refractivity contribution in [2.75, 3.05) is 20.8 Å². The third kappa shape index (κ3) is 3.95. The van der Waals surface area contributed by atoms with Gasteiger partial charge in [0.05, 0.1) is 30.7 Å². The number of benzene rings is 1. The van der Waals surface area contributed by atoms with E-state index in [9.17, 15) is 9.59 Å². The summed E-state index contributed by atoms with van der Waals surface area (Å²) in [7, 11) is 3.11. The molecule has 1 aromatic rings. The van der Waals surface area contributed by atoms with Gasteiger partial charge in [-0.15, -0.1) is 0 Å². The summed E-state index contributed by atoms with van der Waals surface area (Å²) in [5.74, 6) is 0.319. The molecule has 1 aromatic carbocycles. The van der Waals surface area contributed by atoms with E-state index < -0.39 is 0 Å². The van der Waals surface area contributed by atoms with Gasteiger partial charge in [0.2, 0.25) is 0 Å². The standard InChI is InChI=1S/C20H19ClN2O4/c1-26-16-7-8-17(27-2)18-14(16)11-12(19(24)23-18)9-10-22-20(25)13-5-3-4-6-15(13)21/h3-8,11,14H,9-10H2,1-2H3,(H,22,25). The number of rotatable bonds is 6. The molecule has 0 aromatic heterocycles. The van der Waals surface area contributed by atoms with Gasteiger partial charge >= 0.3 is 0 Å². The van der Waals surface area contributed by atoms with E-state index in [4.69, 9.17) is 21.1 Å². The van der Waals surface area contributed by atoms with Crippen molar-refractivity contribution >= 4 is 29.1 Å². The predicted octanol–water partition coefficient (Wildman–Crippen LogP) is 3.06. The fourth-order valence-corrected chi connectivity index (χ4v) is 3.20. The molecular weight excluding hydrogens is 368 g/mol. The van der Waals surface area contributed by atoms with Crippen molar-refractivity contribution in [3.05, 3.63) is 70.2 Å². The Kier molecular flexibility index (Phi) is 5.76. The zero-order valence-electron chi connectivity index (χ0n) is 15.0. The number of nitrogens with one attached hydrogen (secondary N) is 1. The van der Waals surface area contributed by atoms with Crippen LogP contribution in [0.2, 0.25) is 5.02 Å². The summed E-state index contributed by atoms with van der Waals surface area (Å²) in [5.41, 5.74) is 1.45. The lowest BCUT2D eigenvalue weighted by Crippen LogP contribution is -2.30. The molecule has 0 spiro atoms. The molecule has 1 N–H and O–H groups in total. The predicted molar refractivity (Wildman–Crippen MR) is 103 cm³/mol. The number of ether oxygens (including phenoxy) is 2. The van der Waals surface area contributed by atoms with Crippen LogP contribution in [0.1, 0.15) is 16.8 Å². The van der Waals surface area contributed by atoms with Crippen molar-refractivity contribution in [3.8, 4) is 0 Å². The Balaban J connectivity index is 1.68. The molecule has 6 nitrogen and oxygen atoms in total. The number of carbonyl (C=O) groups excluding carboxylic acids is 2. The number of nitrogens with zero attached hydrogens (tertiary/aromatic N) is 1. The Hall–Kier alpha value is -2.86. The van der Waals surface area contributed by atoms with E-state index in [2.05, 4.69) is 10.3 Å². The Labute approximate surface area is 162 Å². The number of aliphatic imine (C=N–C) groups is 1. The highest BCUT2D eigenvalue weighted by Gasteiger charge is 2.32. The minimum Gasteiger partial charge on any atom is -0.500 e. The first-order chi connectivity index (χ1) is 13.0.